The van der Waals surface area contributed by atoms with E-state index in [0.29, 0.717) is 17.6 Å². The summed E-state index contributed by atoms with van der Waals surface area (Å²) in [6.07, 6.45) is 0. The van der Waals surface area contributed by atoms with Crippen molar-refractivity contribution in [3.63, 3.8) is 0 Å². The SMILES string of the molecule is c1ccc(-c2nc(-c3cccc4c3sc3ccccc34)nc(-n3c4cccc(-n5c6ccccc6c6ccccc65)c4c4cccc(-n5c6ccccc6c6ccccc65)c43)n2)cc1. The number of para-hydroxylation sites is 5. The molecule has 0 radical (unpaired) electrons. The Balaban J connectivity index is 1.16. The number of hydrogen-bond donors (Lipinski definition) is 0. The van der Waals surface area contributed by atoms with Gasteiger partial charge in [-0.1, -0.05) is 152 Å². The van der Waals surface area contributed by atoms with Gasteiger partial charge in [0.25, 0.3) is 0 Å². The first-order valence-electron chi connectivity index (χ1n) is 21.5. The molecule has 0 saturated heterocycles. The van der Waals surface area contributed by atoms with Crippen molar-refractivity contribution in [2.24, 2.45) is 0 Å². The van der Waals surface area contributed by atoms with E-state index in [9.17, 15) is 0 Å². The summed E-state index contributed by atoms with van der Waals surface area (Å²) in [4.78, 5) is 16.3. The second-order valence-electron chi connectivity index (χ2n) is 16.3. The molecular weight excluding hydrogens is 801 g/mol. The molecule has 9 aromatic carbocycles. The van der Waals surface area contributed by atoms with Crippen molar-refractivity contribution in [2.75, 3.05) is 0 Å². The first kappa shape index (κ1) is 35.2. The highest BCUT2D eigenvalue weighted by molar-refractivity contribution is 7.26. The molecule has 64 heavy (non-hydrogen) atoms. The standard InChI is InChI=1S/C57H34N6S/c1-2-17-35(18-3-1)55-58-56(43-26-14-24-41-40-23-8-13-34-51(40)64-54(41)43)60-57(59-55)63-49-32-16-31-48(61-44-27-9-4-19-36(44)37-20-5-10-28-45(37)61)52(49)42-25-15-33-50(53(42)63)62-46-29-11-6-21-38(46)39-22-7-12-30-47(39)62/h1-34H. The molecule has 0 aliphatic carbocycles. The zero-order chi connectivity index (χ0) is 41.9. The molecule has 6 nitrogen and oxygen atoms in total. The highest BCUT2D eigenvalue weighted by Gasteiger charge is 2.26. The largest absolute Gasteiger partial charge is 0.309 e. The van der Waals surface area contributed by atoms with E-state index >= 15 is 0 Å². The molecule has 14 aromatic rings. The third-order valence-electron chi connectivity index (χ3n) is 12.9. The van der Waals surface area contributed by atoms with Gasteiger partial charge in [-0.05, 0) is 54.6 Å². The molecule has 0 aliphatic heterocycles. The predicted molar refractivity (Wildman–Crippen MR) is 267 cm³/mol. The van der Waals surface area contributed by atoms with Crippen LogP contribution in [0.3, 0.4) is 0 Å². The van der Waals surface area contributed by atoms with E-state index in [1.165, 1.54) is 37.0 Å². The van der Waals surface area contributed by atoms with Crippen molar-refractivity contribution in [2.45, 2.75) is 0 Å². The van der Waals surface area contributed by atoms with Crippen LogP contribution in [0.15, 0.2) is 206 Å². The maximum atomic E-state index is 5.56. The molecule has 0 spiro atoms. The molecule has 5 aromatic heterocycles. The average molecular weight is 835 g/mol. The lowest BCUT2D eigenvalue weighted by molar-refractivity contribution is 0.950. The Morgan fingerprint density at radius 1 is 0.328 bits per heavy atom. The number of rotatable bonds is 5. The lowest BCUT2D eigenvalue weighted by Gasteiger charge is -2.15. The molecule has 0 aliphatic rings. The number of benzene rings is 9. The summed E-state index contributed by atoms with van der Waals surface area (Å²) in [6, 6.07) is 73.6. The fourth-order valence-corrected chi connectivity index (χ4v) is 11.5. The Morgan fingerprint density at radius 3 is 1.48 bits per heavy atom. The van der Waals surface area contributed by atoms with Gasteiger partial charge in [0.15, 0.2) is 11.6 Å². The van der Waals surface area contributed by atoms with Gasteiger partial charge in [0.2, 0.25) is 5.95 Å². The Hall–Kier alpha value is -8.39. The summed E-state index contributed by atoms with van der Waals surface area (Å²) in [6.45, 7) is 0. The predicted octanol–water partition coefficient (Wildman–Crippen LogP) is 14.9. The summed E-state index contributed by atoms with van der Waals surface area (Å²) in [7, 11) is 0. The van der Waals surface area contributed by atoms with Gasteiger partial charge in [-0.3, -0.25) is 4.57 Å². The molecule has 0 fully saturated rings. The second-order valence-corrected chi connectivity index (χ2v) is 17.4. The Labute approximate surface area is 370 Å². The molecule has 0 atom stereocenters. The Bertz CT molecular complexity index is 4100. The number of thiophene rings is 1. The summed E-state index contributed by atoms with van der Waals surface area (Å²) >= 11 is 1.78. The van der Waals surface area contributed by atoms with Gasteiger partial charge in [0, 0.05) is 63.6 Å². The van der Waals surface area contributed by atoms with Gasteiger partial charge in [-0.15, -0.1) is 11.3 Å². The maximum absolute atomic E-state index is 5.56. The maximum Gasteiger partial charge on any atom is 0.238 e. The molecule has 0 bridgehead atoms. The van der Waals surface area contributed by atoms with Gasteiger partial charge >= 0.3 is 0 Å². The first-order chi connectivity index (χ1) is 31.8. The smallest absolute Gasteiger partial charge is 0.238 e. The number of fused-ring (bicyclic) bond motifs is 12. The molecule has 0 unspecified atom stereocenters. The molecule has 7 heteroatoms. The number of nitrogens with zero attached hydrogens (tertiary/aromatic N) is 6. The number of aromatic nitrogens is 6. The van der Waals surface area contributed by atoms with E-state index in [1.54, 1.807) is 11.3 Å². The van der Waals surface area contributed by atoms with Crippen molar-refractivity contribution in [1.82, 2.24) is 28.7 Å². The fourth-order valence-electron chi connectivity index (χ4n) is 10.2. The molecular formula is C57H34N6S. The van der Waals surface area contributed by atoms with Gasteiger partial charge in [0.05, 0.1) is 44.5 Å². The molecule has 0 amide bonds. The van der Waals surface area contributed by atoms with Crippen LogP contribution >= 0.6 is 11.3 Å². The highest BCUT2D eigenvalue weighted by atomic mass is 32.1. The van der Waals surface area contributed by atoms with Crippen LogP contribution in [0.4, 0.5) is 0 Å². The van der Waals surface area contributed by atoms with Crippen LogP contribution in [0, 0.1) is 0 Å². The quantitative estimate of drug-likeness (QED) is 0.174. The van der Waals surface area contributed by atoms with Crippen molar-refractivity contribution in [3.05, 3.63) is 206 Å². The zero-order valence-electron chi connectivity index (χ0n) is 34.2. The van der Waals surface area contributed by atoms with Gasteiger partial charge in [-0.2, -0.15) is 9.97 Å². The summed E-state index contributed by atoms with van der Waals surface area (Å²) in [5, 5.41) is 9.48. The normalized spacial score (nSPS) is 12.1. The topological polar surface area (TPSA) is 53.5 Å². The fraction of sp³-hybridized carbons (Fsp3) is 0. The van der Waals surface area contributed by atoms with Gasteiger partial charge in [0.1, 0.15) is 0 Å². The lowest BCUT2D eigenvalue weighted by atomic mass is 10.1. The van der Waals surface area contributed by atoms with Crippen LogP contribution in [-0.2, 0) is 0 Å². The summed E-state index contributed by atoms with van der Waals surface area (Å²) in [5.41, 5.74) is 10.6. The molecule has 298 valence electrons. The van der Waals surface area contributed by atoms with E-state index in [1.807, 2.05) is 18.2 Å². The third-order valence-corrected chi connectivity index (χ3v) is 14.1. The summed E-state index contributed by atoms with van der Waals surface area (Å²) < 4.78 is 9.53. The summed E-state index contributed by atoms with van der Waals surface area (Å²) in [5.74, 6) is 1.79. The van der Waals surface area contributed by atoms with E-state index in [2.05, 4.69) is 202 Å². The highest BCUT2D eigenvalue weighted by Crippen LogP contribution is 2.44. The average Bonchev–Trinajstić information content (AvgIpc) is 4.11. The second kappa shape index (κ2) is 13.6. The molecule has 5 heterocycles. The van der Waals surface area contributed by atoms with Crippen LogP contribution < -0.4 is 0 Å². The van der Waals surface area contributed by atoms with Crippen LogP contribution in [0.2, 0.25) is 0 Å². The van der Waals surface area contributed by atoms with Crippen molar-refractivity contribution in [1.29, 1.82) is 0 Å². The van der Waals surface area contributed by atoms with Crippen LogP contribution in [0.5, 0.6) is 0 Å². The van der Waals surface area contributed by atoms with E-state index in [-0.39, 0.29) is 0 Å². The zero-order valence-corrected chi connectivity index (χ0v) is 35.0. The van der Waals surface area contributed by atoms with Crippen LogP contribution in [-0.4, -0.2) is 28.7 Å². The van der Waals surface area contributed by atoms with Gasteiger partial charge in [-0.25, -0.2) is 4.98 Å². The Kier molecular flexibility index (Phi) is 7.46. The van der Waals surface area contributed by atoms with Gasteiger partial charge < -0.3 is 9.13 Å². The van der Waals surface area contributed by atoms with E-state index in [4.69, 9.17) is 15.0 Å². The van der Waals surface area contributed by atoms with Crippen LogP contribution in [0.25, 0.3) is 126 Å². The number of hydrogen-bond acceptors (Lipinski definition) is 4. The van der Waals surface area contributed by atoms with Crippen molar-refractivity contribution >= 4 is 96.9 Å². The lowest BCUT2D eigenvalue weighted by Crippen LogP contribution is -2.08. The third kappa shape index (κ3) is 4.98. The van der Waals surface area contributed by atoms with E-state index in [0.717, 1.165) is 71.1 Å². The minimum absolute atomic E-state index is 0.551. The molecule has 0 saturated carbocycles. The minimum Gasteiger partial charge on any atom is -0.309 e. The van der Waals surface area contributed by atoms with E-state index < -0.39 is 0 Å². The minimum atomic E-state index is 0.551. The van der Waals surface area contributed by atoms with Crippen molar-refractivity contribution < 1.29 is 0 Å². The van der Waals surface area contributed by atoms with Crippen LogP contribution in [0.1, 0.15) is 0 Å². The Morgan fingerprint density at radius 2 is 0.812 bits per heavy atom. The molecule has 0 N–H and O–H groups in total. The first-order valence-corrected chi connectivity index (χ1v) is 22.4. The molecule has 14 rings (SSSR count). The van der Waals surface area contributed by atoms with Crippen molar-refractivity contribution in [3.8, 4) is 40.1 Å². The monoisotopic (exact) mass is 834 g/mol.